The summed E-state index contributed by atoms with van der Waals surface area (Å²) < 4.78 is 0. The van der Waals surface area contributed by atoms with Gasteiger partial charge in [-0.05, 0) is 25.3 Å². The van der Waals surface area contributed by atoms with Crippen molar-refractivity contribution in [3.05, 3.63) is 16.1 Å². The number of hydrogen-bond donors (Lipinski definition) is 1. The molecule has 0 saturated carbocycles. The molecule has 1 aromatic heterocycles. The molecule has 2 heterocycles. The quantitative estimate of drug-likeness (QED) is 0.717. The van der Waals surface area contributed by atoms with E-state index in [0.29, 0.717) is 6.04 Å². The van der Waals surface area contributed by atoms with Gasteiger partial charge in [0.15, 0.2) is 0 Å². The molecule has 0 bridgehead atoms. The molecule has 0 spiro atoms. The number of hydrogen-bond acceptors (Lipinski definition) is 3. The zero-order valence-electron chi connectivity index (χ0n) is 7.42. The molecule has 1 atom stereocenters. The molecule has 0 radical (unpaired) electrons. The van der Waals surface area contributed by atoms with Crippen LogP contribution >= 0.6 is 11.3 Å². The van der Waals surface area contributed by atoms with Crippen LogP contribution in [0.5, 0.6) is 0 Å². The fourth-order valence-electron chi connectivity index (χ4n) is 1.61. The van der Waals surface area contributed by atoms with Crippen LogP contribution in [0.2, 0.25) is 0 Å². The number of thiazole rings is 1. The molecule has 1 fully saturated rings. The van der Waals surface area contributed by atoms with Crippen LogP contribution in [0.3, 0.4) is 0 Å². The molecule has 13 heavy (non-hydrogen) atoms. The zero-order chi connectivity index (χ0) is 9.10. The standard InChI is InChI=1S/C10H12N2S/c1-2-8-7-13-10(12-8)6-9-4-3-5-11-9/h1,7,9,11H,3-6H2. The molecule has 0 aliphatic carbocycles. The van der Waals surface area contributed by atoms with Crippen molar-refractivity contribution in [1.29, 1.82) is 0 Å². The van der Waals surface area contributed by atoms with E-state index in [-0.39, 0.29) is 0 Å². The van der Waals surface area contributed by atoms with Crippen molar-refractivity contribution < 1.29 is 0 Å². The van der Waals surface area contributed by atoms with Crippen molar-refractivity contribution in [1.82, 2.24) is 10.3 Å². The first kappa shape index (κ1) is 8.74. The largest absolute Gasteiger partial charge is 0.314 e. The molecule has 1 aliphatic rings. The predicted octanol–water partition coefficient (Wildman–Crippen LogP) is 1.42. The summed E-state index contributed by atoms with van der Waals surface area (Å²) >= 11 is 1.67. The van der Waals surface area contributed by atoms with Crippen LogP contribution in [-0.4, -0.2) is 17.6 Å². The molecule has 0 amide bonds. The molecular weight excluding hydrogens is 180 g/mol. The van der Waals surface area contributed by atoms with Crippen molar-refractivity contribution in [3.63, 3.8) is 0 Å². The number of nitrogens with zero attached hydrogens (tertiary/aromatic N) is 1. The lowest BCUT2D eigenvalue weighted by Crippen LogP contribution is -2.23. The molecule has 1 unspecified atom stereocenters. The van der Waals surface area contributed by atoms with Gasteiger partial charge in [-0.3, -0.25) is 0 Å². The molecule has 2 nitrogen and oxygen atoms in total. The maximum atomic E-state index is 5.25. The van der Waals surface area contributed by atoms with Gasteiger partial charge in [0.1, 0.15) is 5.69 Å². The smallest absolute Gasteiger partial charge is 0.124 e. The Morgan fingerprint density at radius 3 is 3.31 bits per heavy atom. The topological polar surface area (TPSA) is 24.9 Å². The van der Waals surface area contributed by atoms with Crippen LogP contribution in [0.25, 0.3) is 0 Å². The minimum Gasteiger partial charge on any atom is -0.314 e. The molecule has 0 aromatic carbocycles. The fraction of sp³-hybridized carbons (Fsp3) is 0.500. The average Bonchev–Trinajstić information content (AvgIpc) is 2.76. The number of terminal acetylenes is 1. The van der Waals surface area contributed by atoms with Crippen LogP contribution < -0.4 is 5.32 Å². The first-order chi connectivity index (χ1) is 6.38. The second-order valence-corrected chi connectivity index (χ2v) is 4.21. The molecule has 68 valence electrons. The van der Waals surface area contributed by atoms with Crippen molar-refractivity contribution in [2.24, 2.45) is 0 Å². The van der Waals surface area contributed by atoms with Crippen molar-refractivity contribution >= 4 is 11.3 Å². The lowest BCUT2D eigenvalue weighted by molar-refractivity contribution is 0.601. The molecule has 3 heteroatoms. The summed E-state index contributed by atoms with van der Waals surface area (Å²) in [6.07, 6.45) is 8.84. The number of nitrogens with one attached hydrogen (secondary N) is 1. The van der Waals surface area contributed by atoms with Gasteiger partial charge in [-0.1, -0.05) is 0 Å². The third-order valence-electron chi connectivity index (χ3n) is 2.28. The van der Waals surface area contributed by atoms with Crippen LogP contribution in [0.4, 0.5) is 0 Å². The summed E-state index contributed by atoms with van der Waals surface area (Å²) in [4.78, 5) is 4.33. The summed E-state index contributed by atoms with van der Waals surface area (Å²) in [5.41, 5.74) is 0.776. The van der Waals surface area contributed by atoms with Gasteiger partial charge < -0.3 is 5.32 Å². The molecule has 1 saturated heterocycles. The number of aromatic nitrogens is 1. The summed E-state index contributed by atoms with van der Waals surface area (Å²) in [5, 5.41) is 6.56. The minimum atomic E-state index is 0.622. The summed E-state index contributed by atoms with van der Waals surface area (Å²) in [5.74, 6) is 2.55. The van der Waals surface area contributed by atoms with Gasteiger partial charge in [-0.15, -0.1) is 17.8 Å². The molecule has 1 N–H and O–H groups in total. The number of rotatable bonds is 2. The maximum absolute atomic E-state index is 5.25. The first-order valence-corrected chi connectivity index (χ1v) is 5.41. The minimum absolute atomic E-state index is 0.622. The Morgan fingerprint density at radius 1 is 1.77 bits per heavy atom. The molecule has 1 aromatic rings. The Hall–Kier alpha value is -0.850. The monoisotopic (exact) mass is 192 g/mol. The van der Waals surface area contributed by atoms with E-state index in [2.05, 4.69) is 16.2 Å². The highest BCUT2D eigenvalue weighted by molar-refractivity contribution is 7.09. The van der Waals surface area contributed by atoms with E-state index in [1.807, 2.05) is 5.38 Å². The van der Waals surface area contributed by atoms with Gasteiger partial charge >= 0.3 is 0 Å². The Bertz CT molecular complexity index is 318. The zero-order valence-corrected chi connectivity index (χ0v) is 8.23. The van der Waals surface area contributed by atoms with E-state index in [9.17, 15) is 0 Å². The van der Waals surface area contributed by atoms with E-state index in [1.165, 1.54) is 12.8 Å². The maximum Gasteiger partial charge on any atom is 0.124 e. The lowest BCUT2D eigenvalue weighted by atomic mass is 10.2. The summed E-state index contributed by atoms with van der Waals surface area (Å²) in [6.45, 7) is 1.15. The highest BCUT2D eigenvalue weighted by Crippen LogP contribution is 2.15. The van der Waals surface area contributed by atoms with Gasteiger partial charge in [-0.2, -0.15) is 0 Å². The van der Waals surface area contributed by atoms with Crippen LogP contribution in [-0.2, 0) is 6.42 Å². The summed E-state index contributed by atoms with van der Waals surface area (Å²) in [7, 11) is 0. The van der Waals surface area contributed by atoms with Gasteiger partial charge in [0, 0.05) is 17.8 Å². The second kappa shape index (κ2) is 3.91. The van der Waals surface area contributed by atoms with E-state index >= 15 is 0 Å². The van der Waals surface area contributed by atoms with E-state index in [4.69, 9.17) is 6.42 Å². The van der Waals surface area contributed by atoms with Crippen molar-refractivity contribution in [2.45, 2.75) is 25.3 Å². The lowest BCUT2D eigenvalue weighted by Gasteiger charge is -2.05. The third kappa shape index (κ3) is 2.09. The second-order valence-electron chi connectivity index (χ2n) is 3.27. The fourth-order valence-corrected chi connectivity index (χ4v) is 2.43. The highest BCUT2D eigenvalue weighted by atomic mass is 32.1. The van der Waals surface area contributed by atoms with Gasteiger partial charge in [0.05, 0.1) is 5.01 Å². The SMILES string of the molecule is C#Cc1csc(CC2CCCN2)n1. The Morgan fingerprint density at radius 2 is 2.69 bits per heavy atom. The molecular formula is C10H12N2S. The van der Waals surface area contributed by atoms with Crippen LogP contribution in [0.1, 0.15) is 23.5 Å². The van der Waals surface area contributed by atoms with E-state index in [1.54, 1.807) is 11.3 Å². The average molecular weight is 192 g/mol. The van der Waals surface area contributed by atoms with Gasteiger partial charge in [0.2, 0.25) is 0 Å². The predicted molar refractivity (Wildman–Crippen MR) is 54.8 cm³/mol. The molecule has 1 aliphatic heterocycles. The summed E-state index contributed by atoms with van der Waals surface area (Å²) in [6, 6.07) is 0.622. The van der Waals surface area contributed by atoms with Crippen LogP contribution in [0, 0.1) is 12.3 Å². The van der Waals surface area contributed by atoms with E-state index < -0.39 is 0 Å². The Labute approximate surface area is 82.4 Å². The molecule has 2 rings (SSSR count). The Kier molecular flexibility index (Phi) is 2.62. The van der Waals surface area contributed by atoms with Gasteiger partial charge in [0.25, 0.3) is 0 Å². The Balaban J connectivity index is 1.97. The normalized spacial score (nSPS) is 21.6. The third-order valence-corrected chi connectivity index (χ3v) is 3.15. The van der Waals surface area contributed by atoms with E-state index in [0.717, 1.165) is 23.7 Å². The first-order valence-electron chi connectivity index (χ1n) is 4.53. The van der Waals surface area contributed by atoms with Crippen molar-refractivity contribution in [3.8, 4) is 12.3 Å². The van der Waals surface area contributed by atoms with Crippen LogP contribution in [0.15, 0.2) is 5.38 Å². The van der Waals surface area contributed by atoms with Crippen molar-refractivity contribution in [2.75, 3.05) is 6.54 Å². The van der Waals surface area contributed by atoms with Gasteiger partial charge in [-0.25, -0.2) is 4.98 Å². The highest BCUT2D eigenvalue weighted by Gasteiger charge is 2.15.